The number of hydrogen-bond donors (Lipinski definition) is 0. The van der Waals surface area contributed by atoms with Crippen LogP contribution in [-0.4, -0.2) is 34.8 Å². The molecule has 1 aliphatic rings. The van der Waals surface area contributed by atoms with Gasteiger partial charge < -0.3 is 4.90 Å². The van der Waals surface area contributed by atoms with Gasteiger partial charge in [0.1, 0.15) is 5.78 Å². The molecule has 0 amide bonds. The van der Waals surface area contributed by atoms with Gasteiger partial charge in [0.15, 0.2) is 0 Å². The highest BCUT2D eigenvalue weighted by molar-refractivity contribution is 7.09. The van der Waals surface area contributed by atoms with E-state index in [1.807, 2.05) is 5.38 Å². The van der Waals surface area contributed by atoms with Crippen LogP contribution in [0.15, 0.2) is 11.6 Å². The zero-order valence-corrected chi connectivity index (χ0v) is 11.4. The number of carbonyl (C=O) groups excluding carboxylic acids is 1. The largest absolute Gasteiger partial charge is 0.301 e. The molecule has 94 valence electrons. The second-order valence-corrected chi connectivity index (χ2v) is 6.07. The number of ketones is 1. The summed E-state index contributed by atoms with van der Waals surface area (Å²) in [6.07, 6.45) is 4.18. The number of nitrogens with zero attached hydrogens (tertiary/aromatic N) is 2. The number of likely N-dealkylation sites (tertiary alicyclic amines) is 1. The molecule has 1 fully saturated rings. The Morgan fingerprint density at radius 1 is 1.65 bits per heavy atom. The van der Waals surface area contributed by atoms with E-state index in [1.165, 1.54) is 6.42 Å². The maximum Gasteiger partial charge on any atom is 0.140 e. The molecule has 0 bridgehead atoms. The lowest BCUT2D eigenvalue weighted by atomic mass is 10.0. The van der Waals surface area contributed by atoms with Gasteiger partial charge in [-0.1, -0.05) is 0 Å². The molecule has 1 aromatic rings. The summed E-state index contributed by atoms with van der Waals surface area (Å²) in [6.45, 7) is 6.67. The minimum Gasteiger partial charge on any atom is -0.301 e. The van der Waals surface area contributed by atoms with Crippen molar-refractivity contribution < 1.29 is 4.79 Å². The summed E-state index contributed by atoms with van der Waals surface area (Å²) in [5.41, 5.74) is 0. The van der Waals surface area contributed by atoms with Crippen molar-refractivity contribution in [1.29, 1.82) is 0 Å². The van der Waals surface area contributed by atoms with Gasteiger partial charge in [0.05, 0.1) is 11.4 Å². The first-order valence-corrected chi connectivity index (χ1v) is 7.17. The van der Waals surface area contributed by atoms with Gasteiger partial charge in [0.2, 0.25) is 0 Å². The van der Waals surface area contributed by atoms with Crippen LogP contribution in [0, 0.1) is 5.92 Å². The highest BCUT2D eigenvalue weighted by Gasteiger charge is 2.25. The van der Waals surface area contributed by atoms with Gasteiger partial charge in [0.25, 0.3) is 0 Å². The molecule has 0 spiro atoms. The van der Waals surface area contributed by atoms with E-state index in [4.69, 9.17) is 0 Å². The standard InChI is InChI=1S/C13H20N2OS/c1-10(2)15-5-3-11(9-15)7-12(16)8-13-14-4-6-17-13/h4,6,10-11H,3,5,7-9H2,1-2H3/t11-/m1/s1. The molecule has 0 saturated carbocycles. The summed E-state index contributed by atoms with van der Waals surface area (Å²) in [4.78, 5) is 18.5. The van der Waals surface area contributed by atoms with E-state index in [0.29, 0.717) is 24.2 Å². The summed E-state index contributed by atoms with van der Waals surface area (Å²) in [5.74, 6) is 0.903. The fraction of sp³-hybridized carbons (Fsp3) is 0.692. The third kappa shape index (κ3) is 3.61. The smallest absolute Gasteiger partial charge is 0.140 e. The normalized spacial score (nSPS) is 21.2. The zero-order valence-electron chi connectivity index (χ0n) is 10.6. The van der Waals surface area contributed by atoms with Crippen molar-refractivity contribution in [2.45, 2.75) is 39.2 Å². The highest BCUT2D eigenvalue weighted by Crippen LogP contribution is 2.22. The quantitative estimate of drug-likeness (QED) is 0.806. The van der Waals surface area contributed by atoms with Crippen molar-refractivity contribution in [1.82, 2.24) is 9.88 Å². The zero-order chi connectivity index (χ0) is 12.3. The van der Waals surface area contributed by atoms with Crippen LogP contribution in [0.3, 0.4) is 0 Å². The molecular formula is C13H20N2OS. The van der Waals surface area contributed by atoms with Crippen molar-refractivity contribution in [3.05, 3.63) is 16.6 Å². The number of rotatable bonds is 5. The summed E-state index contributed by atoms with van der Waals surface area (Å²) in [7, 11) is 0. The van der Waals surface area contributed by atoms with Crippen LogP contribution in [0.5, 0.6) is 0 Å². The highest BCUT2D eigenvalue weighted by atomic mass is 32.1. The van der Waals surface area contributed by atoms with Gasteiger partial charge in [-0.3, -0.25) is 4.79 Å². The van der Waals surface area contributed by atoms with Crippen LogP contribution in [0.2, 0.25) is 0 Å². The Morgan fingerprint density at radius 2 is 2.47 bits per heavy atom. The third-order valence-corrected chi connectivity index (χ3v) is 4.18. The Labute approximate surface area is 107 Å². The van der Waals surface area contributed by atoms with Crippen LogP contribution in [0.4, 0.5) is 0 Å². The maximum absolute atomic E-state index is 11.9. The van der Waals surface area contributed by atoms with Crippen molar-refractivity contribution in [3.8, 4) is 0 Å². The fourth-order valence-corrected chi connectivity index (χ4v) is 3.05. The molecule has 1 aliphatic heterocycles. The SMILES string of the molecule is CC(C)N1CC[C@H](CC(=O)Cc2nccs2)C1. The fourth-order valence-electron chi connectivity index (χ4n) is 2.40. The van der Waals surface area contributed by atoms with Gasteiger partial charge in [-0.2, -0.15) is 0 Å². The number of thiazole rings is 1. The Hall–Kier alpha value is -0.740. The second kappa shape index (κ2) is 5.74. The number of aromatic nitrogens is 1. The molecular weight excluding hydrogens is 232 g/mol. The van der Waals surface area contributed by atoms with E-state index >= 15 is 0 Å². The third-order valence-electron chi connectivity index (χ3n) is 3.40. The second-order valence-electron chi connectivity index (χ2n) is 5.09. The van der Waals surface area contributed by atoms with Gasteiger partial charge in [-0.05, 0) is 32.7 Å². The molecule has 0 aliphatic carbocycles. The molecule has 0 aromatic carbocycles. The first-order valence-electron chi connectivity index (χ1n) is 6.29. The number of Topliss-reactive ketones (excluding diaryl/α,β-unsaturated/α-hetero) is 1. The molecule has 0 radical (unpaired) electrons. The van der Waals surface area contributed by atoms with Crippen LogP contribution in [-0.2, 0) is 11.2 Å². The van der Waals surface area contributed by atoms with Crippen LogP contribution >= 0.6 is 11.3 Å². The number of hydrogen-bond acceptors (Lipinski definition) is 4. The van der Waals surface area contributed by atoms with Crippen molar-refractivity contribution in [2.75, 3.05) is 13.1 Å². The first kappa shape index (κ1) is 12.7. The summed E-state index contributed by atoms with van der Waals surface area (Å²) < 4.78 is 0. The van der Waals surface area contributed by atoms with Gasteiger partial charge >= 0.3 is 0 Å². The van der Waals surface area contributed by atoms with E-state index in [9.17, 15) is 4.79 Å². The van der Waals surface area contributed by atoms with Crippen molar-refractivity contribution in [2.24, 2.45) is 5.92 Å². The predicted molar refractivity (Wildman–Crippen MR) is 70.3 cm³/mol. The van der Waals surface area contributed by atoms with Crippen LogP contribution < -0.4 is 0 Å². The minimum absolute atomic E-state index is 0.343. The maximum atomic E-state index is 11.9. The first-order chi connectivity index (χ1) is 8.15. The lowest BCUT2D eigenvalue weighted by Crippen LogP contribution is -2.28. The van der Waals surface area contributed by atoms with Gasteiger partial charge in [0, 0.05) is 30.6 Å². The number of carbonyl (C=O) groups is 1. The Kier molecular flexibility index (Phi) is 4.29. The Balaban J connectivity index is 1.76. The summed E-state index contributed by atoms with van der Waals surface area (Å²) in [6, 6.07) is 0.606. The molecule has 2 rings (SSSR count). The molecule has 0 N–H and O–H groups in total. The average Bonchev–Trinajstić information content (AvgIpc) is 2.88. The molecule has 1 saturated heterocycles. The average molecular weight is 252 g/mol. The molecule has 3 nitrogen and oxygen atoms in total. The molecule has 0 unspecified atom stereocenters. The molecule has 4 heteroatoms. The molecule has 1 atom stereocenters. The lowest BCUT2D eigenvalue weighted by Gasteiger charge is -2.19. The molecule has 1 aromatic heterocycles. The van der Waals surface area contributed by atoms with Crippen LogP contribution in [0.25, 0.3) is 0 Å². The monoisotopic (exact) mass is 252 g/mol. The molecule has 17 heavy (non-hydrogen) atoms. The molecule has 2 heterocycles. The van der Waals surface area contributed by atoms with Crippen LogP contribution in [0.1, 0.15) is 31.7 Å². The van der Waals surface area contributed by atoms with Crippen molar-refractivity contribution in [3.63, 3.8) is 0 Å². The van der Waals surface area contributed by atoms with E-state index in [1.54, 1.807) is 17.5 Å². The Bertz CT molecular complexity index is 362. The summed E-state index contributed by atoms with van der Waals surface area (Å²) in [5, 5.41) is 2.88. The Morgan fingerprint density at radius 3 is 3.06 bits per heavy atom. The topological polar surface area (TPSA) is 33.2 Å². The van der Waals surface area contributed by atoms with E-state index < -0.39 is 0 Å². The van der Waals surface area contributed by atoms with Crippen molar-refractivity contribution >= 4 is 17.1 Å². The van der Waals surface area contributed by atoms with Gasteiger partial charge in [-0.15, -0.1) is 11.3 Å². The lowest BCUT2D eigenvalue weighted by molar-refractivity contribution is -0.119. The predicted octanol–water partition coefficient (Wildman–Crippen LogP) is 2.38. The minimum atomic E-state index is 0.343. The van der Waals surface area contributed by atoms with Gasteiger partial charge in [-0.25, -0.2) is 4.98 Å². The van der Waals surface area contributed by atoms with E-state index in [2.05, 4.69) is 23.7 Å². The van der Waals surface area contributed by atoms with E-state index in [0.717, 1.165) is 24.5 Å². The van der Waals surface area contributed by atoms with E-state index in [-0.39, 0.29) is 0 Å². The summed E-state index contributed by atoms with van der Waals surface area (Å²) >= 11 is 1.57.